The number of rotatable bonds is 8. The summed E-state index contributed by atoms with van der Waals surface area (Å²) in [6, 6.07) is 7.86. The first kappa shape index (κ1) is 18.7. The molecule has 1 aromatic carbocycles. The Bertz CT molecular complexity index is 545. The van der Waals surface area contributed by atoms with Crippen molar-refractivity contribution in [2.24, 2.45) is 11.7 Å². The van der Waals surface area contributed by atoms with Crippen LogP contribution < -0.4 is 16.4 Å². The third-order valence-corrected chi connectivity index (χ3v) is 3.79. The lowest BCUT2D eigenvalue weighted by atomic mass is 9.97. The zero-order valence-electron chi connectivity index (χ0n) is 13.8. The second-order valence-corrected chi connectivity index (χ2v) is 5.72. The van der Waals surface area contributed by atoms with Gasteiger partial charge in [-0.3, -0.25) is 14.4 Å². The van der Waals surface area contributed by atoms with E-state index in [1.165, 1.54) is 6.92 Å². The van der Waals surface area contributed by atoms with Crippen molar-refractivity contribution in [3.05, 3.63) is 35.9 Å². The van der Waals surface area contributed by atoms with Crippen LogP contribution in [-0.2, 0) is 20.8 Å². The maximum atomic E-state index is 12.5. The molecule has 0 radical (unpaired) electrons. The Morgan fingerprint density at radius 2 is 1.74 bits per heavy atom. The van der Waals surface area contributed by atoms with Gasteiger partial charge in [0.15, 0.2) is 0 Å². The number of benzene rings is 1. The van der Waals surface area contributed by atoms with E-state index < -0.39 is 23.9 Å². The normalized spacial score (nSPS) is 14.4. The molecule has 0 bridgehead atoms. The third-order valence-electron chi connectivity index (χ3n) is 3.79. The fourth-order valence-corrected chi connectivity index (χ4v) is 2.29. The minimum absolute atomic E-state index is 0.0776. The summed E-state index contributed by atoms with van der Waals surface area (Å²) >= 11 is 0. The molecule has 0 saturated carbocycles. The molecule has 0 aliphatic heterocycles. The van der Waals surface area contributed by atoms with Gasteiger partial charge in [0.2, 0.25) is 17.7 Å². The van der Waals surface area contributed by atoms with E-state index in [9.17, 15) is 14.4 Å². The van der Waals surface area contributed by atoms with E-state index in [1.807, 2.05) is 44.2 Å². The van der Waals surface area contributed by atoms with Crippen molar-refractivity contribution >= 4 is 17.7 Å². The average Bonchev–Trinajstić information content (AvgIpc) is 2.51. The van der Waals surface area contributed by atoms with Gasteiger partial charge in [0, 0.05) is 13.3 Å². The number of amides is 3. The molecule has 0 heterocycles. The second kappa shape index (κ2) is 8.92. The van der Waals surface area contributed by atoms with Gasteiger partial charge < -0.3 is 16.4 Å². The van der Waals surface area contributed by atoms with Gasteiger partial charge >= 0.3 is 0 Å². The summed E-state index contributed by atoms with van der Waals surface area (Å²) < 4.78 is 0. The summed E-state index contributed by atoms with van der Waals surface area (Å²) in [5, 5.41) is 5.29. The van der Waals surface area contributed by atoms with Crippen LogP contribution >= 0.6 is 0 Å². The lowest BCUT2D eigenvalue weighted by molar-refractivity contribution is -0.131. The Hall–Kier alpha value is -2.37. The highest BCUT2D eigenvalue weighted by Gasteiger charge is 2.28. The first-order valence-corrected chi connectivity index (χ1v) is 7.75. The molecular formula is C17H25N3O3. The van der Waals surface area contributed by atoms with Crippen LogP contribution in [0.25, 0.3) is 0 Å². The summed E-state index contributed by atoms with van der Waals surface area (Å²) in [6.45, 7) is 5.12. The molecule has 0 aromatic heterocycles. The van der Waals surface area contributed by atoms with Crippen molar-refractivity contribution in [3.8, 4) is 0 Å². The molecule has 6 nitrogen and oxygen atoms in total. The number of nitrogens with one attached hydrogen (secondary N) is 2. The van der Waals surface area contributed by atoms with E-state index in [0.717, 1.165) is 5.56 Å². The largest absolute Gasteiger partial charge is 0.368 e. The summed E-state index contributed by atoms with van der Waals surface area (Å²) in [5.41, 5.74) is 6.29. The van der Waals surface area contributed by atoms with Crippen molar-refractivity contribution in [1.82, 2.24) is 10.6 Å². The number of carbonyl (C=O) groups excluding carboxylic acids is 3. The van der Waals surface area contributed by atoms with Crippen LogP contribution in [0.15, 0.2) is 30.3 Å². The van der Waals surface area contributed by atoms with E-state index in [0.29, 0.717) is 12.8 Å². The number of hydrogen-bond donors (Lipinski definition) is 3. The van der Waals surface area contributed by atoms with E-state index >= 15 is 0 Å². The minimum atomic E-state index is -0.750. The molecule has 6 heteroatoms. The fourth-order valence-electron chi connectivity index (χ4n) is 2.29. The number of carbonyl (C=O) groups is 3. The molecule has 0 unspecified atom stereocenters. The predicted octanol–water partition coefficient (Wildman–Crippen LogP) is 0.750. The van der Waals surface area contributed by atoms with Gasteiger partial charge in [-0.25, -0.2) is 0 Å². The monoisotopic (exact) mass is 319 g/mol. The molecular weight excluding hydrogens is 294 g/mol. The van der Waals surface area contributed by atoms with Crippen molar-refractivity contribution in [3.63, 3.8) is 0 Å². The maximum absolute atomic E-state index is 12.5. The van der Waals surface area contributed by atoms with Gasteiger partial charge in [0.1, 0.15) is 12.1 Å². The van der Waals surface area contributed by atoms with Gasteiger partial charge in [0.25, 0.3) is 0 Å². The highest BCUT2D eigenvalue weighted by molar-refractivity contribution is 5.91. The van der Waals surface area contributed by atoms with Crippen LogP contribution in [0.1, 0.15) is 32.8 Å². The molecule has 0 fully saturated rings. The third kappa shape index (κ3) is 6.10. The van der Waals surface area contributed by atoms with E-state index in [1.54, 1.807) is 0 Å². The van der Waals surface area contributed by atoms with Crippen LogP contribution in [0.3, 0.4) is 0 Å². The summed E-state index contributed by atoms with van der Waals surface area (Å²) in [5.74, 6) is -1.37. The Morgan fingerprint density at radius 1 is 1.13 bits per heavy atom. The molecule has 0 aliphatic carbocycles. The topological polar surface area (TPSA) is 101 Å². The quantitative estimate of drug-likeness (QED) is 0.659. The Labute approximate surface area is 136 Å². The molecule has 1 rings (SSSR count). The number of nitrogens with two attached hydrogens (primary N) is 1. The standard InChI is InChI=1S/C17H25N3O3/c1-4-11(2)15(16(18)22)20-17(23)14(19-12(3)21)10-13-8-6-5-7-9-13/h5-9,11,14-15H,4,10H2,1-3H3,(H2,18,22)(H,19,21)(H,20,23)/t11-,14-,15-/m1/s1. The molecule has 3 amide bonds. The molecule has 126 valence electrons. The summed E-state index contributed by atoms with van der Waals surface area (Å²) in [4.78, 5) is 35.4. The Kier molecular flexibility index (Phi) is 7.25. The molecule has 3 atom stereocenters. The van der Waals surface area contributed by atoms with Gasteiger partial charge in [-0.15, -0.1) is 0 Å². The van der Waals surface area contributed by atoms with E-state index in [4.69, 9.17) is 5.73 Å². The Balaban J connectivity index is 2.86. The van der Waals surface area contributed by atoms with Gasteiger partial charge in [0.05, 0.1) is 0 Å². The van der Waals surface area contributed by atoms with Crippen molar-refractivity contribution in [2.45, 2.75) is 45.7 Å². The highest BCUT2D eigenvalue weighted by atomic mass is 16.2. The molecule has 0 saturated heterocycles. The van der Waals surface area contributed by atoms with E-state index in [2.05, 4.69) is 10.6 Å². The minimum Gasteiger partial charge on any atom is -0.368 e. The van der Waals surface area contributed by atoms with Gasteiger partial charge in [-0.2, -0.15) is 0 Å². The Morgan fingerprint density at radius 3 is 2.22 bits per heavy atom. The molecule has 4 N–H and O–H groups in total. The van der Waals surface area contributed by atoms with Crippen molar-refractivity contribution in [2.75, 3.05) is 0 Å². The zero-order valence-corrected chi connectivity index (χ0v) is 13.8. The summed E-state index contributed by atoms with van der Waals surface area (Å²) in [7, 11) is 0. The number of primary amides is 1. The van der Waals surface area contributed by atoms with Crippen LogP contribution in [0.2, 0.25) is 0 Å². The first-order chi connectivity index (χ1) is 10.8. The zero-order chi connectivity index (χ0) is 17.4. The first-order valence-electron chi connectivity index (χ1n) is 7.75. The maximum Gasteiger partial charge on any atom is 0.243 e. The van der Waals surface area contributed by atoms with Gasteiger partial charge in [-0.1, -0.05) is 50.6 Å². The number of hydrogen-bond acceptors (Lipinski definition) is 3. The fraction of sp³-hybridized carbons (Fsp3) is 0.471. The van der Waals surface area contributed by atoms with Crippen LogP contribution in [0.4, 0.5) is 0 Å². The van der Waals surface area contributed by atoms with Crippen LogP contribution in [-0.4, -0.2) is 29.8 Å². The lowest BCUT2D eigenvalue weighted by Gasteiger charge is -2.24. The lowest BCUT2D eigenvalue weighted by Crippen LogP contribution is -2.55. The molecule has 0 aliphatic rings. The average molecular weight is 319 g/mol. The second-order valence-electron chi connectivity index (χ2n) is 5.72. The summed E-state index contributed by atoms with van der Waals surface area (Å²) in [6.07, 6.45) is 1.05. The van der Waals surface area contributed by atoms with E-state index in [-0.39, 0.29) is 11.8 Å². The molecule has 0 spiro atoms. The van der Waals surface area contributed by atoms with Gasteiger partial charge in [-0.05, 0) is 11.5 Å². The highest BCUT2D eigenvalue weighted by Crippen LogP contribution is 2.09. The molecule has 1 aromatic rings. The van der Waals surface area contributed by atoms with Crippen molar-refractivity contribution in [1.29, 1.82) is 0 Å². The predicted molar refractivity (Wildman–Crippen MR) is 88.3 cm³/mol. The van der Waals surface area contributed by atoms with Crippen LogP contribution in [0.5, 0.6) is 0 Å². The smallest absolute Gasteiger partial charge is 0.243 e. The molecule has 23 heavy (non-hydrogen) atoms. The SMILES string of the molecule is CC[C@@H](C)[C@@H](NC(=O)[C@@H](Cc1ccccc1)NC(C)=O)C(N)=O. The van der Waals surface area contributed by atoms with Crippen LogP contribution in [0, 0.1) is 5.92 Å². The van der Waals surface area contributed by atoms with Crippen molar-refractivity contribution < 1.29 is 14.4 Å².